The van der Waals surface area contributed by atoms with E-state index in [0.717, 1.165) is 61.3 Å². The van der Waals surface area contributed by atoms with Crippen LogP contribution in [0.15, 0.2) is 36.4 Å². The van der Waals surface area contributed by atoms with Crippen LogP contribution in [0, 0.1) is 17.8 Å². The Bertz CT molecular complexity index is 1300. The summed E-state index contributed by atoms with van der Waals surface area (Å²) < 4.78 is 47.1. The lowest BCUT2D eigenvalue weighted by molar-refractivity contribution is -0.0300. The minimum absolute atomic E-state index is 0.0228. The van der Waals surface area contributed by atoms with Crippen LogP contribution >= 0.6 is 0 Å². The molecule has 8 aliphatic rings. The fourth-order valence-corrected chi connectivity index (χ4v) is 8.49. The van der Waals surface area contributed by atoms with Crippen LogP contribution in [0.3, 0.4) is 0 Å². The number of epoxide rings is 4. The first-order valence-corrected chi connectivity index (χ1v) is 15.9. The van der Waals surface area contributed by atoms with Crippen molar-refractivity contribution in [1.82, 2.24) is 0 Å². The zero-order valence-electron chi connectivity index (χ0n) is 24.0. The number of hydrogen-bond acceptors (Lipinski definition) is 8. The molecule has 42 heavy (non-hydrogen) atoms. The van der Waals surface area contributed by atoms with Gasteiger partial charge in [-0.1, -0.05) is 12.1 Å². The van der Waals surface area contributed by atoms with Crippen molar-refractivity contribution in [3.8, 4) is 23.0 Å². The van der Waals surface area contributed by atoms with Gasteiger partial charge in [0.1, 0.15) is 73.8 Å². The first-order chi connectivity index (χ1) is 20.7. The van der Waals surface area contributed by atoms with Gasteiger partial charge >= 0.3 is 0 Å². The van der Waals surface area contributed by atoms with Gasteiger partial charge in [0, 0.05) is 29.0 Å². The summed E-state index contributed by atoms with van der Waals surface area (Å²) in [6, 6.07) is 13.1. The summed E-state index contributed by atoms with van der Waals surface area (Å²) in [5, 5.41) is 0. The van der Waals surface area contributed by atoms with Gasteiger partial charge < -0.3 is 37.9 Å². The van der Waals surface area contributed by atoms with Gasteiger partial charge in [-0.15, -0.1) is 0 Å². The largest absolute Gasteiger partial charge is 0.491 e. The van der Waals surface area contributed by atoms with E-state index in [4.69, 9.17) is 37.9 Å². The predicted molar refractivity (Wildman–Crippen MR) is 152 cm³/mol. The molecule has 0 radical (unpaired) electrons. The average molecular weight is 577 g/mol. The van der Waals surface area contributed by atoms with Gasteiger partial charge in [-0.25, -0.2) is 0 Å². The Kier molecular flexibility index (Phi) is 6.35. The SMILES string of the molecule is c1cc(C2C3CC4CC(C3)CC2(c2ccc(OCC3CO3)cc2OCC2CO2)C4)c(OCC2CO2)cc1OCC1CO1. The molecule has 224 valence electrons. The van der Waals surface area contributed by atoms with Gasteiger partial charge in [-0.3, -0.25) is 0 Å². The Hall–Kier alpha value is -2.52. The summed E-state index contributed by atoms with van der Waals surface area (Å²) in [6.45, 7) is 5.42. The maximum atomic E-state index is 6.58. The zero-order valence-corrected chi connectivity index (χ0v) is 24.0. The van der Waals surface area contributed by atoms with Crippen LogP contribution in [0.2, 0.25) is 0 Å². The normalized spacial score (nSPS) is 38.2. The second-order valence-corrected chi connectivity index (χ2v) is 13.7. The zero-order chi connectivity index (χ0) is 27.7. The molecular formula is C34H40O8. The van der Waals surface area contributed by atoms with Crippen molar-refractivity contribution in [3.63, 3.8) is 0 Å². The molecular weight excluding hydrogens is 536 g/mol. The number of hydrogen-bond donors (Lipinski definition) is 0. The number of rotatable bonds is 14. The Morgan fingerprint density at radius 1 is 0.595 bits per heavy atom. The Morgan fingerprint density at radius 3 is 1.67 bits per heavy atom. The van der Waals surface area contributed by atoms with Crippen LogP contribution < -0.4 is 18.9 Å². The number of ether oxygens (including phenoxy) is 8. The summed E-state index contributed by atoms with van der Waals surface area (Å²) in [5.74, 6) is 6.04. The second kappa shape index (κ2) is 10.3. The van der Waals surface area contributed by atoms with Crippen molar-refractivity contribution in [1.29, 1.82) is 0 Å². The van der Waals surface area contributed by atoms with Crippen molar-refractivity contribution in [3.05, 3.63) is 47.5 Å². The van der Waals surface area contributed by atoms with E-state index in [1.165, 1.54) is 43.2 Å². The number of benzene rings is 2. The second-order valence-electron chi connectivity index (χ2n) is 13.7. The highest BCUT2D eigenvalue weighted by Crippen LogP contribution is 2.68. The molecule has 7 unspecified atom stereocenters. The summed E-state index contributed by atoms with van der Waals surface area (Å²) in [7, 11) is 0. The molecule has 4 saturated heterocycles. The van der Waals surface area contributed by atoms with Crippen LogP contribution in [0.4, 0.5) is 0 Å². The molecule has 0 amide bonds. The van der Waals surface area contributed by atoms with Gasteiger partial charge in [0.05, 0.1) is 26.4 Å². The summed E-state index contributed by atoms with van der Waals surface area (Å²) in [6.07, 6.45) is 7.10. The van der Waals surface area contributed by atoms with Gasteiger partial charge in [-0.2, -0.15) is 0 Å². The van der Waals surface area contributed by atoms with Crippen molar-refractivity contribution in [2.45, 2.75) is 67.9 Å². The van der Waals surface area contributed by atoms with E-state index < -0.39 is 0 Å². The lowest BCUT2D eigenvalue weighted by Crippen LogP contribution is -2.54. The van der Waals surface area contributed by atoms with Gasteiger partial charge in [0.25, 0.3) is 0 Å². The molecule has 4 aliphatic carbocycles. The maximum absolute atomic E-state index is 6.58. The summed E-state index contributed by atoms with van der Waals surface area (Å²) in [5.41, 5.74) is 2.60. The molecule has 8 nitrogen and oxygen atoms in total. The molecule has 0 spiro atoms. The highest BCUT2D eigenvalue weighted by atomic mass is 16.6. The van der Waals surface area contributed by atoms with Crippen molar-refractivity contribution >= 4 is 0 Å². The van der Waals surface area contributed by atoms with Crippen LogP contribution in [-0.4, -0.2) is 77.3 Å². The smallest absolute Gasteiger partial charge is 0.126 e. The standard InChI is InChI=1S/C34H40O8/c1-3-29(31(41-18-27-16-39-27)8-23(1)35-12-25-14-37-25)33-22-6-20-5-21(7-22)11-34(33,10-20)30-4-2-24(36-13-26-15-38-26)9-32(30)42-19-28-17-40-28/h1-4,8-9,20-22,25-28,33H,5-7,10-19H2. The van der Waals surface area contributed by atoms with Crippen molar-refractivity contribution < 1.29 is 37.9 Å². The first-order valence-electron chi connectivity index (χ1n) is 15.9. The minimum atomic E-state index is -0.0228. The molecule has 0 N–H and O–H groups in total. The van der Waals surface area contributed by atoms with E-state index >= 15 is 0 Å². The molecule has 2 aromatic rings. The highest BCUT2D eigenvalue weighted by molar-refractivity contribution is 5.52. The monoisotopic (exact) mass is 576 g/mol. The Balaban J connectivity index is 1.10. The van der Waals surface area contributed by atoms with E-state index in [1.807, 2.05) is 0 Å². The summed E-state index contributed by atoms with van der Waals surface area (Å²) in [4.78, 5) is 0. The highest BCUT2D eigenvalue weighted by Gasteiger charge is 2.59. The third kappa shape index (κ3) is 5.25. The molecule has 2 aromatic carbocycles. The van der Waals surface area contributed by atoms with E-state index in [1.54, 1.807) is 0 Å². The van der Waals surface area contributed by atoms with Crippen LogP contribution in [0.5, 0.6) is 23.0 Å². The molecule has 10 rings (SSSR count). The van der Waals surface area contributed by atoms with E-state index in [9.17, 15) is 0 Å². The predicted octanol–water partition coefficient (Wildman–Crippen LogP) is 4.66. The Labute approximate surface area is 246 Å². The molecule has 8 fully saturated rings. The third-order valence-electron chi connectivity index (χ3n) is 10.5. The summed E-state index contributed by atoms with van der Waals surface area (Å²) >= 11 is 0. The molecule has 0 aromatic heterocycles. The van der Waals surface area contributed by atoms with Gasteiger partial charge in [-0.05, 0) is 67.6 Å². The topological polar surface area (TPSA) is 87.0 Å². The Morgan fingerprint density at radius 2 is 1.10 bits per heavy atom. The van der Waals surface area contributed by atoms with E-state index in [2.05, 4.69) is 36.4 Å². The van der Waals surface area contributed by atoms with Crippen molar-refractivity contribution in [2.75, 3.05) is 52.9 Å². The quantitative estimate of drug-likeness (QED) is 0.300. The molecule has 8 heteroatoms. The van der Waals surface area contributed by atoms with Crippen LogP contribution in [0.25, 0.3) is 0 Å². The third-order valence-corrected chi connectivity index (χ3v) is 10.5. The fourth-order valence-electron chi connectivity index (χ4n) is 8.49. The maximum Gasteiger partial charge on any atom is 0.126 e. The van der Waals surface area contributed by atoms with Crippen LogP contribution in [-0.2, 0) is 24.4 Å². The molecule has 7 atom stereocenters. The van der Waals surface area contributed by atoms with Crippen LogP contribution in [0.1, 0.15) is 49.1 Å². The molecule has 4 aliphatic heterocycles. The fraction of sp³-hybridized carbons (Fsp3) is 0.647. The van der Waals surface area contributed by atoms with Crippen molar-refractivity contribution in [2.24, 2.45) is 17.8 Å². The molecule has 4 saturated carbocycles. The van der Waals surface area contributed by atoms with E-state index in [0.29, 0.717) is 38.3 Å². The first kappa shape index (κ1) is 25.9. The average Bonchev–Trinajstić information content (AvgIpc) is 3.81. The lowest BCUT2D eigenvalue weighted by atomic mass is 9.42. The molecule has 4 bridgehead atoms. The van der Waals surface area contributed by atoms with Gasteiger partial charge in [0.2, 0.25) is 0 Å². The minimum Gasteiger partial charge on any atom is -0.491 e. The van der Waals surface area contributed by atoms with Gasteiger partial charge in [0.15, 0.2) is 0 Å². The molecule has 4 heterocycles. The lowest BCUT2D eigenvalue weighted by Gasteiger charge is -2.62. The van der Waals surface area contributed by atoms with E-state index in [-0.39, 0.29) is 29.8 Å².